The summed E-state index contributed by atoms with van der Waals surface area (Å²) in [6.45, 7) is 0. The van der Waals surface area contributed by atoms with Crippen LogP contribution in [0.3, 0.4) is 0 Å². The molecule has 0 fully saturated rings. The van der Waals surface area contributed by atoms with Gasteiger partial charge >= 0.3 is 0 Å². The number of rotatable bonds is 3. The van der Waals surface area contributed by atoms with Crippen molar-refractivity contribution < 1.29 is 0 Å². The first-order valence-electron chi connectivity index (χ1n) is 17.7. The number of aromatic nitrogens is 4. The minimum absolute atomic E-state index is 0.915. The molecule has 4 heterocycles. The summed E-state index contributed by atoms with van der Waals surface area (Å²) in [5.41, 5.74) is 12.7. The molecule has 4 heteroatoms. The molecule has 0 radical (unpaired) electrons. The minimum Gasteiger partial charge on any atom is -0.309 e. The highest BCUT2D eigenvalue weighted by atomic mass is 15.1. The normalized spacial score (nSPS) is 12.2. The predicted octanol–water partition coefficient (Wildman–Crippen LogP) is 12.3. The number of benzene rings is 7. The van der Waals surface area contributed by atoms with Crippen LogP contribution in [0.4, 0.5) is 0 Å². The Hall–Kier alpha value is -7.04. The molecule has 0 aliphatic heterocycles. The summed E-state index contributed by atoms with van der Waals surface area (Å²) < 4.78 is 4.72. The number of para-hydroxylation sites is 2. The lowest BCUT2D eigenvalue weighted by atomic mass is 10.00. The van der Waals surface area contributed by atoms with Crippen molar-refractivity contribution >= 4 is 65.2 Å². The summed E-state index contributed by atoms with van der Waals surface area (Å²) >= 11 is 0. The molecule has 1 aliphatic rings. The Bertz CT molecular complexity index is 3290. The lowest BCUT2D eigenvalue weighted by molar-refractivity contribution is 1.09. The summed E-state index contributed by atoms with van der Waals surface area (Å²) in [4.78, 5) is 9.89. The molecule has 0 amide bonds. The molecule has 0 N–H and O–H groups in total. The topological polar surface area (TPSA) is 35.6 Å². The van der Waals surface area contributed by atoms with Crippen molar-refractivity contribution in [2.75, 3.05) is 0 Å². The molecule has 0 saturated heterocycles. The number of pyridine rings is 2. The van der Waals surface area contributed by atoms with Crippen LogP contribution in [0.5, 0.6) is 0 Å². The minimum atomic E-state index is 0.915. The number of nitrogens with zero attached hydrogens (tertiary/aromatic N) is 4. The Morgan fingerprint density at radius 2 is 1.06 bits per heavy atom. The highest BCUT2D eigenvalue weighted by Gasteiger charge is 2.24. The Kier molecular flexibility index (Phi) is 5.47. The average Bonchev–Trinajstić information content (AvgIpc) is 3.83. The van der Waals surface area contributed by atoms with Crippen LogP contribution in [-0.2, 0) is 0 Å². The van der Waals surface area contributed by atoms with E-state index in [9.17, 15) is 0 Å². The Morgan fingerprint density at radius 1 is 0.385 bits per heavy atom. The van der Waals surface area contributed by atoms with Crippen LogP contribution in [0.1, 0.15) is 0 Å². The van der Waals surface area contributed by atoms with E-state index in [1.165, 1.54) is 65.4 Å². The second kappa shape index (κ2) is 10.3. The van der Waals surface area contributed by atoms with Crippen molar-refractivity contribution in [3.63, 3.8) is 0 Å². The zero-order valence-corrected chi connectivity index (χ0v) is 28.0. The van der Waals surface area contributed by atoms with Gasteiger partial charge in [0.1, 0.15) is 5.82 Å². The monoisotopic (exact) mass is 660 g/mol. The van der Waals surface area contributed by atoms with E-state index >= 15 is 0 Å². The molecule has 11 aromatic rings. The van der Waals surface area contributed by atoms with Gasteiger partial charge in [0.25, 0.3) is 0 Å². The predicted molar refractivity (Wildman–Crippen MR) is 216 cm³/mol. The quantitative estimate of drug-likeness (QED) is 0.189. The lowest BCUT2D eigenvalue weighted by Crippen LogP contribution is -1.98. The highest BCUT2D eigenvalue weighted by molar-refractivity contribution is 6.16. The van der Waals surface area contributed by atoms with Crippen molar-refractivity contribution in [1.82, 2.24) is 19.1 Å². The van der Waals surface area contributed by atoms with Crippen LogP contribution in [-0.4, -0.2) is 19.1 Å². The zero-order chi connectivity index (χ0) is 33.9. The van der Waals surface area contributed by atoms with Crippen molar-refractivity contribution in [3.8, 4) is 45.0 Å². The van der Waals surface area contributed by atoms with E-state index < -0.39 is 0 Å². The summed E-state index contributed by atoms with van der Waals surface area (Å²) in [6, 6.07) is 57.3. The van der Waals surface area contributed by atoms with Gasteiger partial charge in [0, 0.05) is 67.1 Å². The fourth-order valence-corrected chi connectivity index (χ4v) is 8.77. The fourth-order valence-electron chi connectivity index (χ4n) is 8.77. The Labute approximate surface area is 298 Å². The van der Waals surface area contributed by atoms with Gasteiger partial charge in [0.2, 0.25) is 0 Å². The van der Waals surface area contributed by atoms with Gasteiger partial charge in [0.05, 0.1) is 27.8 Å². The molecule has 0 spiro atoms. The van der Waals surface area contributed by atoms with Gasteiger partial charge < -0.3 is 4.57 Å². The van der Waals surface area contributed by atoms with Gasteiger partial charge in [-0.3, -0.25) is 9.55 Å². The van der Waals surface area contributed by atoms with E-state index in [2.05, 4.69) is 172 Å². The molecule has 4 aromatic heterocycles. The van der Waals surface area contributed by atoms with Gasteiger partial charge in [0.15, 0.2) is 0 Å². The highest BCUT2D eigenvalue weighted by Crippen LogP contribution is 2.46. The maximum absolute atomic E-state index is 5.36. The van der Waals surface area contributed by atoms with Crippen LogP contribution in [0, 0.1) is 0 Å². The van der Waals surface area contributed by atoms with Gasteiger partial charge in [-0.2, -0.15) is 0 Å². The summed E-state index contributed by atoms with van der Waals surface area (Å²) in [7, 11) is 0. The summed E-state index contributed by atoms with van der Waals surface area (Å²) in [5.74, 6) is 0.915. The molecule has 240 valence electrons. The van der Waals surface area contributed by atoms with Crippen LogP contribution < -0.4 is 0 Å². The van der Waals surface area contributed by atoms with Gasteiger partial charge in [-0.15, -0.1) is 0 Å². The molecule has 0 unspecified atom stereocenters. The van der Waals surface area contributed by atoms with Gasteiger partial charge in [-0.1, -0.05) is 91.0 Å². The lowest BCUT2D eigenvalue weighted by Gasteiger charge is -2.10. The largest absolute Gasteiger partial charge is 0.309 e. The third-order valence-corrected chi connectivity index (χ3v) is 11.1. The van der Waals surface area contributed by atoms with Gasteiger partial charge in [-0.25, -0.2) is 4.98 Å². The third kappa shape index (κ3) is 3.75. The molecule has 0 bridgehead atoms. The Balaban J connectivity index is 1.05. The van der Waals surface area contributed by atoms with Crippen molar-refractivity contribution in [2.24, 2.45) is 0 Å². The van der Waals surface area contributed by atoms with Crippen LogP contribution in [0.15, 0.2) is 170 Å². The van der Waals surface area contributed by atoms with Crippen LogP contribution in [0.25, 0.3) is 110 Å². The first kappa shape index (κ1) is 27.7. The summed E-state index contributed by atoms with van der Waals surface area (Å²) in [6.07, 6.45) is 3.92. The molecule has 7 aromatic carbocycles. The maximum atomic E-state index is 5.36. The van der Waals surface area contributed by atoms with Crippen molar-refractivity contribution in [2.45, 2.75) is 0 Å². The summed E-state index contributed by atoms with van der Waals surface area (Å²) in [5, 5.41) is 9.81. The standard InChI is InChI=1S/C48H28N4/c1-2-12-34(13-3-1)51-43-20-17-32(25-39(43)40-23-29-9-4-5-10-30(29)26-45(40)51)31-18-21-44-38(24-31)35-14-6-7-16-42(35)52(44)46-22-19-36-41-28-49-27-33-11-8-15-37(47(33)41)48(36)50-46/h1-28H. The maximum Gasteiger partial charge on any atom is 0.138 e. The third-order valence-electron chi connectivity index (χ3n) is 11.1. The molecule has 1 aliphatic carbocycles. The molecule has 4 nitrogen and oxygen atoms in total. The number of hydrogen-bond acceptors (Lipinski definition) is 2. The molecular weight excluding hydrogens is 633 g/mol. The molecule has 52 heavy (non-hydrogen) atoms. The van der Waals surface area contributed by atoms with E-state index in [0.29, 0.717) is 0 Å². The SMILES string of the molecule is c1ccc(-n2c3ccc(-c4ccc5c(c4)c4ccccc4n5-c4ccc5c(n4)-c4cccc6cncc-5c46)cc3c3cc4ccccc4cc32)cc1. The second-order valence-corrected chi connectivity index (χ2v) is 13.9. The first-order valence-corrected chi connectivity index (χ1v) is 17.7. The fraction of sp³-hybridized carbons (Fsp3) is 0. The Morgan fingerprint density at radius 3 is 1.90 bits per heavy atom. The number of fused-ring (bicyclic) bond motifs is 10. The first-order chi connectivity index (χ1) is 25.8. The van der Waals surface area contributed by atoms with Crippen LogP contribution in [0.2, 0.25) is 0 Å². The van der Waals surface area contributed by atoms with Crippen molar-refractivity contribution in [3.05, 3.63) is 170 Å². The zero-order valence-electron chi connectivity index (χ0n) is 28.0. The second-order valence-electron chi connectivity index (χ2n) is 13.9. The van der Waals surface area contributed by atoms with Gasteiger partial charge in [-0.05, 0) is 88.6 Å². The molecule has 0 saturated carbocycles. The average molecular weight is 661 g/mol. The molecule has 0 atom stereocenters. The smallest absolute Gasteiger partial charge is 0.138 e. The van der Waals surface area contributed by atoms with E-state index in [-0.39, 0.29) is 0 Å². The van der Waals surface area contributed by atoms with E-state index in [4.69, 9.17) is 4.98 Å². The van der Waals surface area contributed by atoms with Crippen molar-refractivity contribution in [1.29, 1.82) is 0 Å². The number of hydrogen-bond donors (Lipinski definition) is 0. The molecule has 12 rings (SSSR count). The van der Waals surface area contributed by atoms with E-state index in [1.807, 2.05) is 12.4 Å². The van der Waals surface area contributed by atoms with Crippen LogP contribution >= 0.6 is 0 Å². The van der Waals surface area contributed by atoms with E-state index in [1.54, 1.807) is 0 Å². The van der Waals surface area contributed by atoms with E-state index in [0.717, 1.165) is 44.7 Å². The molecular formula is C48H28N4.